The fourth-order valence-corrected chi connectivity index (χ4v) is 1.31. The van der Waals surface area contributed by atoms with Crippen molar-refractivity contribution >= 4 is 5.69 Å². The Labute approximate surface area is 91.2 Å². The maximum atomic E-state index is 12.4. The van der Waals surface area contributed by atoms with Gasteiger partial charge < -0.3 is 0 Å². The van der Waals surface area contributed by atoms with Crippen LogP contribution in [0.1, 0.15) is 23.2 Å². The fraction of sp³-hybridized carbons (Fsp3) is 0.375. The van der Waals surface area contributed by atoms with E-state index in [1.807, 2.05) is 0 Å². The van der Waals surface area contributed by atoms with Crippen LogP contribution in [0.25, 0.3) is 0 Å². The maximum absolute atomic E-state index is 12.4. The van der Waals surface area contributed by atoms with Crippen LogP contribution >= 0.6 is 0 Å². The van der Waals surface area contributed by atoms with Gasteiger partial charge in [0, 0.05) is 6.20 Å². The zero-order valence-corrected chi connectivity index (χ0v) is 8.26. The van der Waals surface area contributed by atoms with E-state index in [9.17, 15) is 32.1 Å². The third-order valence-electron chi connectivity index (χ3n) is 2.00. The average Bonchev–Trinajstić information content (AvgIpc) is 2.13. The average molecular weight is 256 g/mol. The van der Waals surface area contributed by atoms with Gasteiger partial charge in [-0.1, -0.05) is 0 Å². The Kier molecular flexibility index (Phi) is 3.30. The zero-order chi connectivity index (χ0) is 13.4. The number of hydrogen-bond donors (Lipinski definition) is 0. The predicted molar refractivity (Wildman–Crippen MR) is 45.6 cm³/mol. The van der Waals surface area contributed by atoms with Crippen molar-refractivity contribution in [2.45, 2.75) is 19.5 Å². The van der Waals surface area contributed by atoms with Crippen LogP contribution in [0.2, 0.25) is 0 Å². The molecule has 4 nitrogen and oxygen atoms in total. The smallest absolute Gasteiger partial charge is 0.258 e. The minimum atomic E-state index is -4.92. The fourth-order valence-electron chi connectivity index (χ4n) is 1.31. The summed E-state index contributed by atoms with van der Waals surface area (Å²) in [6, 6.07) is 0. The Morgan fingerprint density at radius 1 is 1.41 bits per heavy atom. The highest BCUT2D eigenvalue weighted by molar-refractivity contribution is 5.49. The number of nitro groups is 1. The van der Waals surface area contributed by atoms with Gasteiger partial charge in [0.25, 0.3) is 12.1 Å². The van der Waals surface area contributed by atoms with Gasteiger partial charge in [-0.05, 0) is 6.92 Å². The van der Waals surface area contributed by atoms with Crippen molar-refractivity contribution in [3.8, 4) is 0 Å². The Balaban J connectivity index is 3.56. The van der Waals surface area contributed by atoms with E-state index in [0.717, 1.165) is 6.92 Å². The molecule has 1 aromatic rings. The summed E-state index contributed by atoms with van der Waals surface area (Å²) in [4.78, 5) is 12.0. The molecule has 0 atom stereocenters. The van der Waals surface area contributed by atoms with Crippen molar-refractivity contribution in [3.05, 3.63) is 33.1 Å². The van der Waals surface area contributed by atoms with Crippen LogP contribution in [0.4, 0.5) is 27.6 Å². The van der Waals surface area contributed by atoms with Crippen LogP contribution in [0, 0.1) is 17.0 Å². The molecule has 1 rings (SSSR count). The van der Waals surface area contributed by atoms with Crippen LogP contribution in [-0.2, 0) is 6.18 Å². The molecule has 0 saturated heterocycles. The Morgan fingerprint density at radius 3 is 2.29 bits per heavy atom. The van der Waals surface area contributed by atoms with Crippen LogP contribution in [0.3, 0.4) is 0 Å². The summed E-state index contributed by atoms with van der Waals surface area (Å²) in [5.41, 5.74) is -4.82. The lowest BCUT2D eigenvalue weighted by molar-refractivity contribution is -0.387. The van der Waals surface area contributed by atoms with E-state index in [4.69, 9.17) is 0 Å². The molecule has 0 amide bonds. The van der Waals surface area contributed by atoms with Gasteiger partial charge in [-0.3, -0.25) is 15.1 Å². The number of alkyl halides is 5. The lowest BCUT2D eigenvalue weighted by Gasteiger charge is -2.11. The Bertz CT molecular complexity index is 458. The highest BCUT2D eigenvalue weighted by atomic mass is 19.4. The van der Waals surface area contributed by atoms with E-state index in [0.29, 0.717) is 0 Å². The molecular formula is C8H5F5N2O2. The first-order valence-corrected chi connectivity index (χ1v) is 4.15. The molecule has 0 aliphatic rings. The maximum Gasteiger partial charge on any atom is 0.433 e. The standard InChI is InChI=1S/C8H5F5N2O2/c1-3-5(15(16)17)4(7(9)10)2-14-6(3)8(11,12)13/h2,7H,1H3. The van der Waals surface area contributed by atoms with Gasteiger partial charge >= 0.3 is 6.18 Å². The van der Waals surface area contributed by atoms with Gasteiger partial charge in [-0.15, -0.1) is 0 Å². The van der Waals surface area contributed by atoms with E-state index >= 15 is 0 Å². The summed E-state index contributed by atoms with van der Waals surface area (Å²) in [6.07, 6.45) is -8.00. The highest BCUT2D eigenvalue weighted by Crippen LogP contribution is 2.38. The molecule has 0 spiro atoms. The summed E-state index contributed by atoms with van der Waals surface area (Å²) in [7, 11) is 0. The number of rotatable bonds is 2. The normalized spacial score (nSPS) is 11.9. The number of nitrogens with zero attached hydrogens (tertiary/aromatic N) is 2. The van der Waals surface area contributed by atoms with E-state index in [2.05, 4.69) is 4.98 Å². The zero-order valence-electron chi connectivity index (χ0n) is 8.26. The first kappa shape index (κ1) is 13.3. The molecule has 0 N–H and O–H groups in total. The first-order valence-electron chi connectivity index (χ1n) is 4.15. The minimum absolute atomic E-state index is 0.179. The molecular weight excluding hydrogens is 251 g/mol. The van der Waals surface area contributed by atoms with Crippen molar-refractivity contribution < 1.29 is 26.9 Å². The van der Waals surface area contributed by atoms with Crippen LogP contribution in [0.5, 0.6) is 0 Å². The van der Waals surface area contributed by atoms with E-state index in [1.54, 1.807) is 0 Å². The molecule has 0 saturated carbocycles. The van der Waals surface area contributed by atoms with Gasteiger partial charge in [0.2, 0.25) is 0 Å². The molecule has 17 heavy (non-hydrogen) atoms. The minimum Gasteiger partial charge on any atom is -0.258 e. The second-order valence-electron chi connectivity index (χ2n) is 3.09. The molecule has 1 heterocycles. The molecule has 9 heteroatoms. The molecule has 0 bridgehead atoms. The summed E-state index contributed by atoms with van der Waals surface area (Å²) < 4.78 is 61.8. The second-order valence-corrected chi connectivity index (χ2v) is 3.09. The molecule has 0 aromatic carbocycles. The first-order chi connectivity index (χ1) is 7.66. The van der Waals surface area contributed by atoms with Crippen LogP contribution in [-0.4, -0.2) is 9.91 Å². The number of hydrogen-bond acceptors (Lipinski definition) is 3. The molecule has 0 aliphatic carbocycles. The monoisotopic (exact) mass is 256 g/mol. The highest BCUT2D eigenvalue weighted by Gasteiger charge is 2.39. The van der Waals surface area contributed by atoms with Crippen LogP contribution < -0.4 is 0 Å². The van der Waals surface area contributed by atoms with Crippen molar-refractivity contribution in [3.63, 3.8) is 0 Å². The predicted octanol–water partition coefficient (Wildman–Crippen LogP) is 3.25. The lowest BCUT2D eigenvalue weighted by atomic mass is 10.1. The lowest BCUT2D eigenvalue weighted by Crippen LogP contribution is -2.13. The van der Waals surface area contributed by atoms with E-state index in [1.165, 1.54) is 0 Å². The van der Waals surface area contributed by atoms with Gasteiger partial charge in [0.1, 0.15) is 5.56 Å². The van der Waals surface area contributed by atoms with Crippen molar-refractivity contribution in [2.24, 2.45) is 0 Å². The van der Waals surface area contributed by atoms with Crippen molar-refractivity contribution in [1.82, 2.24) is 4.98 Å². The molecule has 0 aliphatic heterocycles. The Hall–Kier alpha value is -1.80. The van der Waals surface area contributed by atoms with Gasteiger partial charge in [-0.2, -0.15) is 13.2 Å². The van der Waals surface area contributed by atoms with Gasteiger partial charge in [0.05, 0.1) is 10.5 Å². The quantitative estimate of drug-likeness (QED) is 0.463. The summed E-state index contributed by atoms with van der Waals surface area (Å²) in [5, 5.41) is 10.5. The third-order valence-corrected chi connectivity index (χ3v) is 2.00. The molecule has 94 valence electrons. The van der Waals surface area contributed by atoms with Crippen molar-refractivity contribution in [1.29, 1.82) is 0 Å². The van der Waals surface area contributed by atoms with E-state index < -0.39 is 40.0 Å². The number of pyridine rings is 1. The summed E-state index contributed by atoms with van der Waals surface area (Å²) in [6.45, 7) is 0.736. The molecule has 0 unspecified atom stereocenters. The molecule has 0 fully saturated rings. The van der Waals surface area contributed by atoms with Gasteiger partial charge in [0.15, 0.2) is 5.69 Å². The topological polar surface area (TPSA) is 56.0 Å². The summed E-state index contributed by atoms with van der Waals surface area (Å²) >= 11 is 0. The molecule has 0 radical (unpaired) electrons. The largest absolute Gasteiger partial charge is 0.433 e. The molecule has 1 aromatic heterocycles. The SMILES string of the molecule is Cc1c(C(F)(F)F)ncc(C(F)F)c1[N+](=O)[O-]. The third kappa shape index (κ3) is 2.48. The number of aromatic nitrogens is 1. The van der Waals surface area contributed by atoms with Gasteiger partial charge in [-0.25, -0.2) is 8.78 Å². The number of halogens is 5. The van der Waals surface area contributed by atoms with Crippen LogP contribution in [0.15, 0.2) is 6.20 Å². The second kappa shape index (κ2) is 4.22. The Morgan fingerprint density at radius 2 is 1.94 bits per heavy atom. The summed E-state index contributed by atoms with van der Waals surface area (Å²) in [5.74, 6) is 0. The van der Waals surface area contributed by atoms with E-state index in [-0.39, 0.29) is 6.20 Å². The van der Waals surface area contributed by atoms with Crippen molar-refractivity contribution in [2.75, 3.05) is 0 Å².